The largest absolute Gasteiger partial charge is 0.479 e. The maximum atomic E-state index is 11.2. The van der Waals surface area contributed by atoms with Crippen molar-refractivity contribution in [3.8, 4) is 0 Å². The van der Waals surface area contributed by atoms with Crippen molar-refractivity contribution in [1.82, 2.24) is 4.90 Å². The molecular formula is C6H10N2O6S. The molecule has 86 valence electrons. The van der Waals surface area contributed by atoms with Gasteiger partial charge in [-0.3, -0.25) is 4.90 Å². The fourth-order valence-corrected chi connectivity index (χ4v) is 2.83. The smallest absolute Gasteiger partial charge is 0.409 e. The summed E-state index contributed by atoms with van der Waals surface area (Å²) in [6.45, 7) is -0.155. The highest BCUT2D eigenvalue weighted by Crippen LogP contribution is 2.33. The number of sulfonamides is 1. The Labute approximate surface area is 85.3 Å². The van der Waals surface area contributed by atoms with E-state index in [9.17, 15) is 18.0 Å². The van der Waals surface area contributed by atoms with Crippen LogP contribution in [0.25, 0.3) is 0 Å². The molecule has 1 fully saturated rings. The van der Waals surface area contributed by atoms with Gasteiger partial charge in [0.25, 0.3) is 4.87 Å². The van der Waals surface area contributed by atoms with Crippen LogP contribution in [0.2, 0.25) is 0 Å². The van der Waals surface area contributed by atoms with Gasteiger partial charge >= 0.3 is 12.1 Å². The van der Waals surface area contributed by atoms with Crippen LogP contribution in [-0.4, -0.2) is 47.0 Å². The fourth-order valence-electron chi connectivity index (χ4n) is 1.68. The van der Waals surface area contributed by atoms with Gasteiger partial charge < -0.3 is 10.2 Å². The third kappa shape index (κ3) is 1.53. The van der Waals surface area contributed by atoms with Gasteiger partial charge in [-0.05, 0) is 12.8 Å². The SMILES string of the molecule is NS(=O)(=O)[C@@]1(C(=O)O)CCCN1C(=O)O. The van der Waals surface area contributed by atoms with Crippen molar-refractivity contribution < 1.29 is 28.2 Å². The third-order valence-electron chi connectivity index (χ3n) is 2.37. The van der Waals surface area contributed by atoms with Crippen molar-refractivity contribution in [3.05, 3.63) is 0 Å². The number of rotatable bonds is 2. The molecule has 15 heavy (non-hydrogen) atoms. The summed E-state index contributed by atoms with van der Waals surface area (Å²) in [5, 5.41) is 22.3. The van der Waals surface area contributed by atoms with Gasteiger partial charge in [-0.1, -0.05) is 0 Å². The highest BCUT2D eigenvalue weighted by molar-refractivity contribution is 7.91. The summed E-state index contributed by atoms with van der Waals surface area (Å²) in [6, 6.07) is 0. The Hall–Kier alpha value is -1.35. The molecule has 1 rings (SSSR count). The molecule has 0 saturated carbocycles. The Balaban J connectivity index is 3.35. The van der Waals surface area contributed by atoms with Gasteiger partial charge in [-0.25, -0.2) is 23.1 Å². The molecule has 0 aliphatic carbocycles. The van der Waals surface area contributed by atoms with Gasteiger partial charge in [-0.2, -0.15) is 0 Å². The molecule has 1 heterocycles. The second-order valence-electron chi connectivity index (χ2n) is 3.17. The van der Waals surface area contributed by atoms with Gasteiger partial charge in [0.15, 0.2) is 0 Å². The van der Waals surface area contributed by atoms with Crippen LogP contribution in [0, 0.1) is 0 Å². The Kier molecular flexibility index (Phi) is 2.62. The lowest BCUT2D eigenvalue weighted by Gasteiger charge is -2.29. The number of nitrogens with zero attached hydrogens (tertiary/aromatic N) is 1. The number of aliphatic carboxylic acids is 1. The minimum Gasteiger partial charge on any atom is -0.479 e. The maximum Gasteiger partial charge on any atom is 0.409 e. The monoisotopic (exact) mass is 238 g/mol. The molecule has 1 amide bonds. The first-order chi connectivity index (χ1) is 6.73. The first kappa shape index (κ1) is 11.7. The summed E-state index contributed by atoms with van der Waals surface area (Å²) < 4.78 is 22.4. The van der Waals surface area contributed by atoms with Gasteiger partial charge in [0.2, 0.25) is 10.0 Å². The number of hydrogen-bond acceptors (Lipinski definition) is 4. The van der Waals surface area contributed by atoms with Crippen molar-refractivity contribution in [2.24, 2.45) is 5.14 Å². The average molecular weight is 238 g/mol. The molecule has 0 aromatic heterocycles. The summed E-state index contributed by atoms with van der Waals surface area (Å²) in [6.07, 6.45) is -1.79. The predicted octanol–water partition coefficient (Wildman–Crippen LogP) is -1.17. The molecule has 1 aliphatic heterocycles. The van der Waals surface area contributed by atoms with Gasteiger partial charge in [0.05, 0.1) is 0 Å². The van der Waals surface area contributed by atoms with E-state index in [2.05, 4.69) is 0 Å². The van der Waals surface area contributed by atoms with Crippen LogP contribution in [0.15, 0.2) is 0 Å². The average Bonchev–Trinajstić information content (AvgIpc) is 2.45. The second kappa shape index (κ2) is 3.35. The van der Waals surface area contributed by atoms with Crippen molar-refractivity contribution >= 4 is 22.1 Å². The molecule has 0 bridgehead atoms. The molecule has 0 aromatic carbocycles. The first-order valence-electron chi connectivity index (χ1n) is 4.00. The van der Waals surface area contributed by atoms with Crippen LogP contribution in [0.5, 0.6) is 0 Å². The van der Waals surface area contributed by atoms with Crippen molar-refractivity contribution in [1.29, 1.82) is 0 Å². The standard InChI is InChI=1S/C6H10N2O6S/c7-15(13,14)6(4(9)10)2-1-3-8(6)5(11)12/h1-3H2,(H,9,10)(H,11,12)(H2,7,13,14)/t6-/m1/s1. The van der Waals surface area contributed by atoms with E-state index in [0.717, 1.165) is 0 Å². The van der Waals surface area contributed by atoms with Crippen molar-refractivity contribution in [2.75, 3.05) is 6.54 Å². The minimum atomic E-state index is -4.51. The Morgan fingerprint density at radius 1 is 1.33 bits per heavy atom. The Morgan fingerprint density at radius 3 is 2.13 bits per heavy atom. The third-order valence-corrected chi connectivity index (χ3v) is 3.91. The van der Waals surface area contributed by atoms with Gasteiger partial charge in [0.1, 0.15) is 0 Å². The Morgan fingerprint density at radius 2 is 1.87 bits per heavy atom. The lowest BCUT2D eigenvalue weighted by atomic mass is 10.2. The molecular weight excluding hydrogens is 228 g/mol. The van der Waals surface area contributed by atoms with Crippen LogP contribution < -0.4 is 5.14 Å². The summed E-state index contributed by atoms with van der Waals surface area (Å²) in [5.41, 5.74) is 0. The molecule has 8 nitrogen and oxygen atoms in total. The highest BCUT2D eigenvalue weighted by atomic mass is 32.2. The minimum absolute atomic E-state index is 0.148. The second-order valence-corrected chi connectivity index (χ2v) is 4.94. The lowest BCUT2D eigenvalue weighted by molar-refractivity contribution is -0.143. The van der Waals surface area contributed by atoms with E-state index in [1.807, 2.05) is 0 Å². The van der Waals surface area contributed by atoms with E-state index in [4.69, 9.17) is 15.4 Å². The number of hydrogen-bond donors (Lipinski definition) is 3. The highest BCUT2D eigenvalue weighted by Gasteiger charge is 2.59. The van der Waals surface area contributed by atoms with E-state index in [1.54, 1.807) is 0 Å². The maximum absolute atomic E-state index is 11.2. The summed E-state index contributed by atoms with van der Waals surface area (Å²) >= 11 is 0. The van der Waals surface area contributed by atoms with E-state index in [1.165, 1.54) is 0 Å². The zero-order valence-corrected chi connectivity index (χ0v) is 8.40. The van der Waals surface area contributed by atoms with Crippen LogP contribution in [0.4, 0.5) is 4.79 Å². The molecule has 0 radical (unpaired) electrons. The number of primary sulfonamides is 1. The van der Waals surface area contributed by atoms with Crippen LogP contribution >= 0.6 is 0 Å². The van der Waals surface area contributed by atoms with Crippen molar-refractivity contribution in [3.63, 3.8) is 0 Å². The van der Waals surface area contributed by atoms with E-state index < -0.39 is 27.0 Å². The Bertz CT molecular complexity index is 404. The van der Waals surface area contributed by atoms with Gasteiger partial charge in [-0.15, -0.1) is 0 Å². The zero-order chi connectivity index (χ0) is 11.9. The quantitative estimate of drug-likeness (QED) is 0.554. The topological polar surface area (TPSA) is 138 Å². The number of amides is 1. The molecule has 1 aliphatic rings. The van der Waals surface area contributed by atoms with Crippen LogP contribution in [-0.2, 0) is 14.8 Å². The van der Waals surface area contributed by atoms with E-state index in [-0.39, 0.29) is 19.4 Å². The number of nitrogens with two attached hydrogens (primary N) is 1. The zero-order valence-electron chi connectivity index (χ0n) is 7.58. The number of carbonyl (C=O) groups is 2. The molecule has 1 saturated heterocycles. The van der Waals surface area contributed by atoms with Crippen LogP contribution in [0.1, 0.15) is 12.8 Å². The number of carboxylic acids is 1. The molecule has 4 N–H and O–H groups in total. The number of carboxylic acid groups (broad SMARTS) is 2. The van der Waals surface area contributed by atoms with Crippen LogP contribution in [0.3, 0.4) is 0 Å². The first-order valence-corrected chi connectivity index (χ1v) is 5.54. The summed E-state index contributed by atoms with van der Waals surface area (Å²) in [4.78, 5) is 19.5. The lowest BCUT2D eigenvalue weighted by Crippen LogP contribution is -2.60. The predicted molar refractivity (Wildman–Crippen MR) is 47.4 cm³/mol. The van der Waals surface area contributed by atoms with E-state index >= 15 is 0 Å². The molecule has 0 unspecified atom stereocenters. The fraction of sp³-hybridized carbons (Fsp3) is 0.667. The van der Waals surface area contributed by atoms with Gasteiger partial charge in [0, 0.05) is 6.54 Å². The number of likely N-dealkylation sites (tertiary alicyclic amines) is 1. The van der Waals surface area contributed by atoms with E-state index in [0.29, 0.717) is 4.90 Å². The molecule has 0 aromatic rings. The molecule has 9 heteroatoms. The summed E-state index contributed by atoms with van der Waals surface area (Å²) in [5.74, 6) is -1.76. The van der Waals surface area contributed by atoms with Crippen molar-refractivity contribution in [2.45, 2.75) is 17.7 Å². The molecule has 0 spiro atoms. The molecule has 1 atom stereocenters. The summed E-state index contributed by atoms with van der Waals surface area (Å²) in [7, 11) is -4.51. The normalized spacial score (nSPS) is 26.6.